The summed E-state index contributed by atoms with van der Waals surface area (Å²) in [7, 11) is 1.39. The summed E-state index contributed by atoms with van der Waals surface area (Å²) < 4.78 is 4.87. The molecule has 8 heteroatoms. The molecule has 1 aromatic carbocycles. The molecule has 8 nitrogen and oxygen atoms in total. The highest BCUT2D eigenvalue weighted by Gasteiger charge is 2.24. The maximum atomic E-state index is 12.5. The zero-order chi connectivity index (χ0) is 19.5. The first kappa shape index (κ1) is 18.2. The summed E-state index contributed by atoms with van der Waals surface area (Å²) in [6.07, 6.45) is 6.60. The lowest BCUT2D eigenvalue weighted by Gasteiger charge is -2.28. The van der Waals surface area contributed by atoms with Crippen molar-refractivity contribution in [2.75, 3.05) is 37.0 Å². The normalized spacial score (nSPS) is 15.9. The molecule has 0 spiro atoms. The third-order valence-electron chi connectivity index (χ3n) is 5.11. The maximum absolute atomic E-state index is 12.5. The molecule has 0 atom stereocenters. The summed E-state index contributed by atoms with van der Waals surface area (Å²) in [5.74, 6) is 0.443. The zero-order valence-corrected chi connectivity index (χ0v) is 15.9. The van der Waals surface area contributed by atoms with Crippen LogP contribution in [0.1, 0.15) is 35.3 Å². The number of ether oxygens (including phenoxy) is 1. The molecular weight excluding hydrogens is 358 g/mol. The SMILES string of the molecule is COC(=O)N1CCCc2cc(Nc3cncc(C(=O)N4CCCC4)n3)ccc21. The number of amides is 2. The summed E-state index contributed by atoms with van der Waals surface area (Å²) in [5, 5.41) is 3.22. The Kier molecular flexibility index (Phi) is 5.10. The van der Waals surface area contributed by atoms with E-state index in [1.54, 1.807) is 11.1 Å². The predicted octanol–water partition coefficient (Wildman–Crippen LogP) is 2.98. The molecule has 0 aliphatic carbocycles. The van der Waals surface area contributed by atoms with Crippen molar-refractivity contribution in [1.29, 1.82) is 0 Å². The minimum absolute atomic E-state index is 0.0761. The lowest BCUT2D eigenvalue weighted by molar-refractivity contribution is 0.0786. The molecule has 2 aromatic rings. The van der Waals surface area contributed by atoms with Gasteiger partial charge in [-0.05, 0) is 49.4 Å². The fourth-order valence-corrected chi connectivity index (χ4v) is 3.73. The second-order valence-electron chi connectivity index (χ2n) is 6.98. The molecular formula is C20H23N5O3. The van der Waals surface area contributed by atoms with E-state index in [9.17, 15) is 9.59 Å². The number of hydrogen-bond donors (Lipinski definition) is 1. The Labute approximate surface area is 163 Å². The first-order chi connectivity index (χ1) is 13.7. The molecule has 1 fully saturated rings. The van der Waals surface area contributed by atoms with E-state index < -0.39 is 0 Å². The van der Waals surface area contributed by atoms with E-state index in [4.69, 9.17) is 4.74 Å². The highest BCUT2D eigenvalue weighted by atomic mass is 16.5. The molecule has 2 aliphatic rings. The van der Waals surface area contributed by atoms with Crippen LogP contribution < -0.4 is 10.2 Å². The van der Waals surface area contributed by atoms with Gasteiger partial charge in [-0.15, -0.1) is 0 Å². The van der Waals surface area contributed by atoms with Crippen LogP contribution >= 0.6 is 0 Å². The van der Waals surface area contributed by atoms with E-state index in [0.29, 0.717) is 18.1 Å². The van der Waals surface area contributed by atoms with Gasteiger partial charge in [0.15, 0.2) is 0 Å². The number of carbonyl (C=O) groups excluding carboxylic acids is 2. The van der Waals surface area contributed by atoms with Gasteiger partial charge in [0.25, 0.3) is 5.91 Å². The maximum Gasteiger partial charge on any atom is 0.414 e. The van der Waals surface area contributed by atoms with Gasteiger partial charge in [0.1, 0.15) is 11.5 Å². The number of methoxy groups -OCH3 is 1. The summed E-state index contributed by atoms with van der Waals surface area (Å²) in [5.41, 5.74) is 3.12. The highest BCUT2D eigenvalue weighted by molar-refractivity contribution is 5.92. The number of anilines is 3. The average Bonchev–Trinajstić information content (AvgIpc) is 3.27. The molecule has 0 saturated carbocycles. The van der Waals surface area contributed by atoms with Crippen molar-refractivity contribution < 1.29 is 14.3 Å². The Bertz CT molecular complexity index is 895. The minimum Gasteiger partial charge on any atom is -0.452 e. The molecule has 2 amide bonds. The van der Waals surface area contributed by atoms with Gasteiger partial charge in [-0.1, -0.05) is 0 Å². The van der Waals surface area contributed by atoms with Gasteiger partial charge >= 0.3 is 6.09 Å². The Morgan fingerprint density at radius 1 is 1.11 bits per heavy atom. The summed E-state index contributed by atoms with van der Waals surface area (Å²) in [6, 6.07) is 5.79. The van der Waals surface area contributed by atoms with Crippen molar-refractivity contribution in [3.8, 4) is 0 Å². The number of aryl methyl sites for hydroxylation is 1. The van der Waals surface area contributed by atoms with Gasteiger partial charge in [0, 0.05) is 25.3 Å². The number of carbonyl (C=O) groups is 2. The molecule has 28 heavy (non-hydrogen) atoms. The molecule has 1 saturated heterocycles. The Morgan fingerprint density at radius 3 is 2.71 bits per heavy atom. The number of fused-ring (bicyclic) bond motifs is 1. The fourth-order valence-electron chi connectivity index (χ4n) is 3.73. The molecule has 1 N–H and O–H groups in total. The van der Waals surface area contributed by atoms with Crippen LogP contribution in [-0.2, 0) is 11.2 Å². The van der Waals surface area contributed by atoms with E-state index in [1.165, 1.54) is 13.3 Å². The van der Waals surface area contributed by atoms with Crippen molar-refractivity contribution in [2.45, 2.75) is 25.7 Å². The minimum atomic E-state index is -0.347. The zero-order valence-electron chi connectivity index (χ0n) is 15.9. The molecule has 146 valence electrons. The van der Waals surface area contributed by atoms with E-state index >= 15 is 0 Å². The number of nitrogens with one attached hydrogen (secondary N) is 1. The lowest BCUT2D eigenvalue weighted by atomic mass is 10.0. The third-order valence-corrected chi connectivity index (χ3v) is 5.11. The van der Waals surface area contributed by atoms with Crippen LogP contribution in [0.2, 0.25) is 0 Å². The van der Waals surface area contributed by atoms with Gasteiger partial charge in [-0.25, -0.2) is 9.78 Å². The Balaban J connectivity index is 1.53. The highest BCUT2D eigenvalue weighted by Crippen LogP contribution is 2.31. The van der Waals surface area contributed by atoms with Crippen LogP contribution in [-0.4, -0.2) is 53.6 Å². The van der Waals surface area contributed by atoms with Crippen LogP contribution in [0.3, 0.4) is 0 Å². The van der Waals surface area contributed by atoms with Crippen molar-refractivity contribution in [3.05, 3.63) is 41.9 Å². The molecule has 4 rings (SSSR count). The van der Waals surface area contributed by atoms with Crippen LogP contribution in [0.15, 0.2) is 30.6 Å². The quantitative estimate of drug-likeness (QED) is 0.879. The standard InChI is InChI=1S/C20H23N5O3/c1-28-20(27)25-10-4-5-14-11-15(6-7-17(14)25)22-18-13-21-12-16(23-18)19(26)24-8-2-3-9-24/h6-7,11-13H,2-5,8-10H2,1H3,(H,22,23). The monoisotopic (exact) mass is 381 g/mol. The molecule has 2 aliphatic heterocycles. The molecule has 0 bridgehead atoms. The van der Waals surface area contributed by atoms with Gasteiger partial charge in [0.05, 0.1) is 25.2 Å². The number of benzene rings is 1. The van der Waals surface area contributed by atoms with Crippen molar-refractivity contribution in [1.82, 2.24) is 14.9 Å². The Morgan fingerprint density at radius 2 is 1.93 bits per heavy atom. The van der Waals surface area contributed by atoms with E-state index in [-0.39, 0.29) is 12.0 Å². The average molecular weight is 381 g/mol. The second-order valence-corrected chi connectivity index (χ2v) is 6.98. The van der Waals surface area contributed by atoms with Gasteiger partial charge in [0.2, 0.25) is 0 Å². The van der Waals surface area contributed by atoms with Crippen molar-refractivity contribution >= 4 is 29.2 Å². The largest absolute Gasteiger partial charge is 0.452 e. The summed E-state index contributed by atoms with van der Waals surface area (Å²) in [6.45, 7) is 2.21. The Hall–Kier alpha value is -3.16. The van der Waals surface area contributed by atoms with E-state index in [1.807, 2.05) is 23.1 Å². The van der Waals surface area contributed by atoms with Crippen LogP contribution in [0.4, 0.5) is 22.0 Å². The predicted molar refractivity (Wildman–Crippen MR) is 105 cm³/mol. The summed E-state index contributed by atoms with van der Waals surface area (Å²) in [4.78, 5) is 36.5. The van der Waals surface area contributed by atoms with E-state index in [0.717, 1.165) is 55.7 Å². The second kappa shape index (κ2) is 7.84. The third kappa shape index (κ3) is 3.62. The molecule has 3 heterocycles. The summed E-state index contributed by atoms with van der Waals surface area (Å²) >= 11 is 0. The van der Waals surface area contributed by atoms with Gasteiger partial charge in [-0.3, -0.25) is 14.7 Å². The van der Waals surface area contributed by atoms with Crippen molar-refractivity contribution in [2.24, 2.45) is 0 Å². The lowest BCUT2D eigenvalue weighted by Crippen LogP contribution is -2.35. The molecule has 0 unspecified atom stereocenters. The number of likely N-dealkylation sites (tertiary alicyclic amines) is 1. The van der Waals surface area contributed by atoms with Gasteiger partial charge < -0.3 is 15.0 Å². The van der Waals surface area contributed by atoms with Gasteiger partial charge in [-0.2, -0.15) is 0 Å². The van der Waals surface area contributed by atoms with Crippen molar-refractivity contribution in [3.63, 3.8) is 0 Å². The van der Waals surface area contributed by atoms with Crippen LogP contribution in [0.5, 0.6) is 0 Å². The number of hydrogen-bond acceptors (Lipinski definition) is 6. The smallest absolute Gasteiger partial charge is 0.414 e. The van der Waals surface area contributed by atoms with E-state index in [2.05, 4.69) is 15.3 Å². The first-order valence-electron chi connectivity index (χ1n) is 9.52. The fraction of sp³-hybridized carbons (Fsp3) is 0.400. The number of nitrogens with zero attached hydrogens (tertiary/aromatic N) is 4. The molecule has 1 aromatic heterocycles. The number of rotatable bonds is 3. The van der Waals surface area contributed by atoms with Crippen LogP contribution in [0, 0.1) is 0 Å². The number of aromatic nitrogens is 2. The van der Waals surface area contributed by atoms with Crippen LogP contribution in [0.25, 0.3) is 0 Å². The molecule has 0 radical (unpaired) electrons. The first-order valence-corrected chi connectivity index (χ1v) is 9.52. The topological polar surface area (TPSA) is 87.7 Å².